The number of nitrogens with one attached hydrogen (secondary N) is 1. The van der Waals surface area contributed by atoms with Gasteiger partial charge in [-0.25, -0.2) is 4.39 Å². The molecule has 1 heterocycles. The molecule has 0 saturated heterocycles. The molecule has 0 aliphatic rings. The standard InChI is InChI=1S/C17H12F4N2S/c18-13-5-7-15(8-6-13)24-10-14-9-16(23-22-14)11-1-3-12(4-2-11)17(19,20)21/h1-9H,10H2,(H,22,23). The third kappa shape index (κ3) is 3.97. The first kappa shape index (κ1) is 16.6. The normalized spacial score (nSPS) is 11.7. The highest BCUT2D eigenvalue weighted by Gasteiger charge is 2.30. The Morgan fingerprint density at radius 1 is 0.958 bits per heavy atom. The number of hydrogen-bond donors (Lipinski definition) is 1. The highest BCUT2D eigenvalue weighted by atomic mass is 32.2. The van der Waals surface area contributed by atoms with Gasteiger partial charge in [0.25, 0.3) is 0 Å². The van der Waals surface area contributed by atoms with Gasteiger partial charge < -0.3 is 0 Å². The van der Waals surface area contributed by atoms with E-state index in [0.29, 0.717) is 17.0 Å². The molecule has 0 radical (unpaired) electrons. The first-order valence-corrected chi connectivity index (χ1v) is 8.01. The van der Waals surface area contributed by atoms with Gasteiger partial charge in [0.2, 0.25) is 0 Å². The minimum Gasteiger partial charge on any atom is -0.281 e. The average Bonchev–Trinajstić information content (AvgIpc) is 3.03. The van der Waals surface area contributed by atoms with Gasteiger partial charge in [-0.3, -0.25) is 5.10 Å². The predicted molar refractivity (Wildman–Crippen MR) is 85.0 cm³/mol. The summed E-state index contributed by atoms with van der Waals surface area (Å²) in [5.74, 6) is 0.310. The molecular weight excluding hydrogens is 340 g/mol. The molecule has 0 aliphatic carbocycles. The fourth-order valence-corrected chi connectivity index (χ4v) is 2.90. The topological polar surface area (TPSA) is 28.7 Å². The quantitative estimate of drug-likeness (QED) is 0.494. The number of benzene rings is 2. The van der Waals surface area contributed by atoms with Crippen LogP contribution < -0.4 is 0 Å². The van der Waals surface area contributed by atoms with Crippen LogP contribution in [0.15, 0.2) is 59.5 Å². The fraction of sp³-hybridized carbons (Fsp3) is 0.118. The van der Waals surface area contributed by atoms with Crippen molar-refractivity contribution in [2.24, 2.45) is 0 Å². The summed E-state index contributed by atoms with van der Waals surface area (Å²) in [6.45, 7) is 0. The molecule has 124 valence electrons. The van der Waals surface area contributed by atoms with E-state index in [-0.39, 0.29) is 5.82 Å². The number of nitrogens with zero attached hydrogens (tertiary/aromatic N) is 1. The molecule has 24 heavy (non-hydrogen) atoms. The molecule has 3 rings (SSSR count). The molecule has 0 fully saturated rings. The molecule has 0 unspecified atom stereocenters. The van der Waals surface area contributed by atoms with Crippen LogP contribution in [0.4, 0.5) is 17.6 Å². The summed E-state index contributed by atoms with van der Waals surface area (Å²) in [6.07, 6.45) is -4.35. The highest BCUT2D eigenvalue weighted by Crippen LogP contribution is 2.31. The Morgan fingerprint density at radius 3 is 2.25 bits per heavy atom. The van der Waals surface area contributed by atoms with E-state index in [0.717, 1.165) is 22.7 Å². The molecule has 2 nitrogen and oxygen atoms in total. The van der Waals surface area contributed by atoms with Crippen molar-refractivity contribution in [2.45, 2.75) is 16.8 Å². The van der Waals surface area contributed by atoms with Crippen LogP contribution in [0.1, 0.15) is 11.3 Å². The second-order valence-electron chi connectivity index (χ2n) is 5.10. The third-order valence-electron chi connectivity index (χ3n) is 3.35. The Morgan fingerprint density at radius 2 is 1.62 bits per heavy atom. The molecule has 7 heteroatoms. The van der Waals surface area contributed by atoms with Gasteiger partial charge in [0, 0.05) is 21.9 Å². The van der Waals surface area contributed by atoms with Gasteiger partial charge in [-0.05, 0) is 42.5 Å². The molecule has 2 aromatic carbocycles. The molecule has 1 aromatic heterocycles. The molecule has 0 spiro atoms. The second kappa shape index (κ2) is 6.68. The lowest BCUT2D eigenvalue weighted by molar-refractivity contribution is -0.137. The van der Waals surface area contributed by atoms with Gasteiger partial charge >= 0.3 is 6.18 Å². The van der Waals surface area contributed by atoms with Gasteiger partial charge in [0.15, 0.2) is 0 Å². The van der Waals surface area contributed by atoms with E-state index in [9.17, 15) is 17.6 Å². The molecule has 3 aromatic rings. The van der Waals surface area contributed by atoms with Crippen LogP contribution in [-0.2, 0) is 11.9 Å². The zero-order valence-electron chi connectivity index (χ0n) is 12.3. The summed E-state index contributed by atoms with van der Waals surface area (Å²) >= 11 is 1.51. The maximum atomic E-state index is 12.8. The maximum Gasteiger partial charge on any atom is 0.416 e. The van der Waals surface area contributed by atoms with Crippen LogP contribution >= 0.6 is 11.8 Å². The van der Waals surface area contributed by atoms with Crippen molar-refractivity contribution in [3.05, 3.63) is 71.7 Å². The van der Waals surface area contributed by atoms with Gasteiger partial charge in [0.1, 0.15) is 5.82 Å². The molecule has 0 bridgehead atoms. The van der Waals surface area contributed by atoms with Gasteiger partial charge in [0.05, 0.1) is 11.3 Å². The van der Waals surface area contributed by atoms with Crippen LogP contribution in [0.25, 0.3) is 11.3 Å². The van der Waals surface area contributed by atoms with Crippen LogP contribution in [0, 0.1) is 5.82 Å². The zero-order valence-corrected chi connectivity index (χ0v) is 13.1. The van der Waals surface area contributed by atoms with E-state index in [1.807, 2.05) is 0 Å². The van der Waals surface area contributed by atoms with Crippen molar-refractivity contribution in [2.75, 3.05) is 0 Å². The van der Waals surface area contributed by atoms with E-state index >= 15 is 0 Å². The highest BCUT2D eigenvalue weighted by molar-refractivity contribution is 7.98. The van der Waals surface area contributed by atoms with Crippen LogP contribution in [0.5, 0.6) is 0 Å². The number of H-pyrrole nitrogens is 1. The Kier molecular flexibility index (Phi) is 4.62. The van der Waals surface area contributed by atoms with Gasteiger partial charge in [-0.1, -0.05) is 12.1 Å². The van der Waals surface area contributed by atoms with Crippen LogP contribution in [0.3, 0.4) is 0 Å². The summed E-state index contributed by atoms with van der Waals surface area (Å²) < 4.78 is 50.5. The molecule has 0 saturated carbocycles. The Balaban J connectivity index is 1.68. The number of rotatable bonds is 4. The SMILES string of the molecule is Fc1ccc(SCc2cc(-c3ccc(C(F)(F)F)cc3)n[nH]2)cc1. The minimum atomic E-state index is -4.35. The minimum absolute atomic E-state index is 0.287. The van der Waals surface area contributed by atoms with E-state index in [2.05, 4.69) is 10.2 Å². The summed E-state index contributed by atoms with van der Waals surface area (Å²) in [5.41, 5.74) is 1.34. The van der Waals surface area contributed by atoms with Crippen molar-refractivity contribution < 1.29 is 17.6 Å². The Labute approximate surface area is 139 Å². The lowest BCUT2D eigenvalue weighted by Crippen LogP contribution is -2.03. The number of halogens is 4. The van der Waals surface area contributed by atoms with Crippen LogP contribution in [0.2, 0.25) is 0 Å². The lowest BCUT2D eigenvalue weighted by atomic mass is 10.1. The number of hydrogen-bond acceptors (Lipinski definition) is 2. The predicted octanol–water partition coefficient (Wildman–Crippen LogP) is 5.53. The van der Waals surface area contributed by atoms with E-state index < -0.39 is 11.7 Å². The number of alkyl halides is 3. The van der Waals surface area contributed by atoms with Gasteiger partial charge in [-0.2, -0.15) is 18.3 Å². The van der Waals surface area contributed by atoms with Crippen molar-refractivity contribution in [3.8, 4) is 11.3 Å². The smallest absolute Gasteiger partial charge is 0.281 e. The number of thioether (sulfide) groups is 1. The van der Waals surface area contributed by atoms with E-state index in [4.69, 9.17) is 0 Å². The summed E-state index contributed by atoms with van der Waals surface area (Å²) in [4.78, 5) is 0.919. The molecule has 0 atom stereocenters. The molecule has 1 N–H and O–H groups in total. The number of aromatic amines is 1. The largest absolute Gasteiger partial charge is 0.416 e. The van der Waals surface area contributed by atoms with E-state index in [1.165, 1.54) is 36.0 Å². The van der Waals surface area contributed by atoms with Crippen molar-refractivity contribution >= 4 is 11.8 Å². The average molecular weight is 352 g/mol. The monoisotopic (exact) mass is 352 g/mol. The third-order valence-corrected chi connectivity index (χ3v) is 4.41. The first-order valence-electron chi connectivity index (χ1n) is 7.02. The summed E-state index contributed by atoms with van der Waals surface area (Å²) in [7, 11) is 0. The first-order chi connectivity index (χ1) is 11.4. The Bertz CT molecular complexity index is 808. The van der Waals surface area contributed by atoms with Gasteiger partial charge in [-0.15, -0.1) is 11.8 Å². The van der Waals surface area contributed by atoms with E-state index in [1.54, 1.807) is 18.2 Å². The van der Waals surface area contributed by atoms with Crippen molar-refractivity contribution in [3.63, 3.8) is 0 Å². The maximum absolute atomic E-state index is 12.8. The van der Waals surface area contributed by atoms with Crippen LogP contribution in [-0.4, -0.2) is 10.2 Å². The Hall–Kier alpha value is -2.28. The summed E-state index contributed by atoms with van der Waals surface area (Å²) in [5, 5.41) is 6.99. The second-order valence-corrected chi connectivity index (χ2v) is 6.14. The lowest BCUT2D eigenvalue weighted by Gasteiger charge is -2.06. The molecule has 0 amide bonds. The molecule has 0 aliphatic heterocycles. The molecular formula is C17H12F4N2S. The van der Waals surface area contributed by atoms with Crippen molar-refractivity contribution in [1.82, 2.24) is 10.2 Å². The fourth-order valence-electron chi connectivity index (χ4n) is 2.11. The zero-order chi connectivity index (χ0) is 17.2. The number of aromatic nitrogens is 2. The van der Waals surface area contributed by atoms with Crippen molar-refractivity contribution in [1.29, 1.82) is 0 Å². The summed E-state index contributed by atoms with van der Waals surface area (Å²) in [6, 6.07) is 12.8.